The van der Waals surface area contributed by atoms with Gasteiger partial charge in [-0.15, -0.1) is 47.0 Å². The normalized spacial score (nSPS) is 12.6. The summed E-state index contributed by atoms with van der Waals surface area (Å²) in [7, 11) is 0. The smallest absolute Gasteiger partial charge is 0.214 e. The van der Waals surface area contributed by atoms with Gasteiger partial charge in [-0.2, -0.15) is 0 Å². The highest BCUT2D eigenvalue weighted by molar-refractivity contribution is 9.11. The number of benzene rings is 2. The summed E-state index contributed by atoms with van der Waals surface area (Å²) < 4.78 is 3.92. The lowest BCUT2D eigenvalue weighted by atomic mass is 10.0. The summed E-state index contributed by atoms with van der Waals surface area (Å²) in [4.78, 5) is 39.0. The molecule has 0 saturated carbocycles. The van der Waals surface area contributed by atoms with E-state index in [1.165, 1.54) is 23.5 Å². The lowest BCUT2D eigenvalue weighted by Crippen LogP contribution is -2.04. The van der Waals surface area contributed by atoms with Crippen LogP contribution in [-0.4, -0.2) is 48.2 Å². The van der Waals surface area contributed by atoms with E-state index in [1.54, 1.807) is 60.9 Å². The minimum Gasteiger partial charge on any atom is -0.289 e. The second kappa shape index (κ2) is 19.6. The van der Waals surface area contributed by atoms with E-state index in [1.807, 2.05) is 24.3 Å². The first-order valence-electron chi connectivity index (χ1n) is 12.5. The molecule has 0 aliphatic rings. The number of ketones is 1. The molecule has 0 aromatic heterocycles. The van der Waals surface area contributed by atoms with Crippen molar-refractivity contribution in [2.24, 2.45) is 0 Å². The molecule has 2 aromatic rings. The maximum absolute atomic E-state index is 13.5. The number of thioether (sulfide) groups is 6. The van der Waals surface area contributed by atoms with Crippen molar-refractivity contribution in [3.8, 4) is 0 Å². The molecule has 2 rings (SSSR count). The van der Waals surface area contributed by atoms with Crippen LogP contribution < -0.4 is 0 Å². The number of carbonyl (C=O) groups is 3. The molecule has 0 heterocycles. The van der Waals surface area contributed by atoms with Crippen molar-refractivity contribution in [1.29, 1.82) is 0 Å². The van der Waals surface area contributed by atoms with E-state index in [0.29, 0.717) is 22.3 Å². The Labute approximate surface area is 308 Å². The van der Waals surface area contributed by atoms with Crippen molar-refractivity contribution in [2.45, 2.75) is 46.6 Å². The average Bonchev–Trinajstić information content (AvgIpc) is 2.91. The first kappa shape index (κ1) is 39.1. The van der Waals surface area contributed by atoms with Gasteiger partial charge in [0.15, 0.2) is 5.78 Å². The van der Waals surface area contributed by atoms with Crippen LogP contribution in [-0.2, 0) is 9.59 Å². The van der Waals surface area contributed by atoms with Crippen LogP contribution in [0.1, 0.15) is 43.6 Å². The highest BCUT2D eigenvalue weighted by atomic mass is 79.9. The summed E-state index contributed by atoms with van der Waals surface area (Å²) in [6.45, 7) is 15.1. The molecule has 0 radical (unpaired) electrons. The number of hydrogen-bond acceptors (Lipinski definition) is 9. The third-order valence-electron chi connectivity index (χ3n) is 5.12. The number of rotatable bonds is 16. The van der Waals surface area contributed by atoms with E-state index in [-0.39, 0.29) is 25.2 Å². The third kappa shape index (κ3) is 13.0. The van der Waals surface area contributed by atoms with Gasteiger partial charge in [-0.1, -0.05) is 36.7 Å². The predicted molar refractivity (Wildman–Crippen MR) is 207 cm³/mol. The van der Waals surface area contributed by atoms with Crippen molar-refractivity contribution in [1.82, 2.24) is 0 Å². The number of carbonyl (C=O) groups excluding carboxylic acids is 3. The summed E-state index contributed by atoms with van der Waals surface area (Å²) in [5.74, 6) is 3.13. The molecule has 0 aliphatic carbocycles. The van der Waals surface area contributed by atoms with Gasteiger partial charge in [0.05, 0.1) is 9.16 Å². The van der Waals surface area contributed by atoms with E-state index in [0.717, 1.165) is 50.7 Å². The van der Waals surface area contributed by atoms with Crippen molar-refractivity contribution in [2.75, 3.05) is 23.0 Å². The zero-order chi connectivity index (χ0) is 31.6. The van der Waals surface area contributed by atoms with Crippen LogP contribution in [0.15, 0.2) is 76.3 Å². The fourth-order valence-electron chi connectivity index (χ4n) is 3.12. The summed E-state index contributed by atoms with van der Waals surface area (Å²) in [6.07, 6.45) is 0. The molecule has 0 spiro atoms. The molecular weight excluding hydrogens is 908 g/mol. The second-order valence-electron chi connectivity index (χ2n) is 8.81. The first-order valence-corrected chi connectivity index (χ1v) is 21.5. The van der Waals surface area contributed by atoms with Crippen molar-refractivity contribution in [3.05, 3.63) is 77.6 Å². The molecule has 2 aromatic carbocycles. The van der Waals surface area contributed by atoms with Gasteiger partial charge in [-0.3, -0.25) is 14.4 Å². The molecule has 0 aliphatic heterocycles. The Kier molecular flexibility index (Phi) is 18.2. The SMILES string of the molecule is C=C(C)C(=O)SCCSC(C)Sc1c(Br)cc(C(=O)c2cc(Br)c(SC(C)SCCSC(=O)C(=C)C)c(Br)c2)cc1Br. The molecule has 3 nitrogen and oxygen atoms in total. The molecule has 42 heavy (non-hydrogen) atoms. The standard InChI is InChI=1S/C29H30Br4O3S6/c1-15(2)28(35)39-9-7-37-17(5)41-26-21(30)11-19(12-22(26)31)25(34)20-13-23(32)27(24(33)14-20)42-18(6)38-8-10-40-29(36)16(3)4/h11-14,17-18H,1,3,7-10H2,2,4-6H3. The molecule has 0 bridgehead atoms. The highest BCUT2D eigenvalue weighted by Gasteiger charge is 2.20. The molecule has 228 valence electrons. The number of hydrogen-bond donors (Lipinski definition) is 0. The van der Waals surface area contributed by atoms with Crippen molar-refractivity contribution >= 4 is 150 Å². The van der Waals surface area contributed by atoms with Gasteiger partial charge in [-0.25, -0.2) is 0 Å². The monoisotopic (exact) mass is 934 g/mol. The predicted octanol–water partition coefficient (Wildman–Crippen LogP) is 12.0. The Hall–Kier alpha value is 0.950. The average molecular weight is 939 g/mol. The van der Waals surface area contributed by atoms with E-state index < -0.39 is 0 Å². The minimum atomic E-state index is -0.0749. The molecule has 0 amide bonds. The van der Waals surface area contributed by atoms with E-state index in [9.17, 15) is 14.4 Å². The van der Waals surface area contributed by atoms with Gasteiger partial charge in [-0.05, 0) is 127 Å². The zero-order valence-corrected chi connectivity index (χ0v) is 34.6. The van der Waals surface area contributed by atoms with Crippen molar-refractivity contribution < 1.29 is 14.4 Å². The maximum atomic E-state index is 13.5. The van der Waals surface area contributed by atoms with E-state index in [4.69, 9.17) is 0 Å². The Morgan fingerprint density at radius 2 is 0.952 bits per heavy atom. The molecule has 0 N–H and O–H groups in total. The second-order valence-corrected chi connectivity index (χ2v) is 20.6. The maximum Gasteiger partial charge on any atom is 0.214 e. The molecular formula is C29H30Br4O3S6. The van der Waals surface area contributed by atoms with Gasteiger partial charge in [0.2, 0.25) is 10.2 Å². The molecule has 0 saturated heterocycles. The zero-order valence-electron chi connectivity index (χ0n) is 23.4. The van der Waals surface area contributed by atoms with Crippen LogP contribution in [0.2, 0.25) is 0 Å². The highest BCUT2D eigenvalue weighted by Crippen LogP contribution is 2.43. The lowest BCUT2D eigenvalue weighted by molar-refractivity contribution is -0.108. The summed E-state index contributed by atoms with van der Waals surface area (Å²) >= 11 is 24.3. The molecule has 2 unspecified atom stereocenters. The fourth-order valence-corrected chi connectivity index (χ4v) is 12.6. The van der Waals surface area contributed by atoms with Crippen LogP contribution in [0, 0.1) is 0 Å². The van der Waals surface area contributed by atoms with Crippen LogP contribution >= 0.6 is 134 Å². The summed E-state index contributed by atoms with van der Waals surface area (Å²) in [6, 6.07) is 7.48. The van der Waals surface area contributed by atoms with Gasteiger partial charge in [0.25, 0.3) is 0 Å². The van der Waals surface area contributed by atoms with Crippen LogP contribution in [0.25, 0.3) is 0 Å². The lowest BCUT2D eigenvalue weighted by Gasteiger charge is -2.16. The molecule has 2 atom stereocenters. The van der Waals surface area contributed by atoms with Crippen molar-refractivity contribution in [3.63, 3.8) is 0 Å². The Bertz CT molecular complexity index is 1210. The van der Waals surface area contributed by atoms with Crippen LogP contribution in [0.4, 0.5) is 0 Å². The van der Waals surface area contributed by atoms with Crippen LogP contribution in [0.5, 0.6) is 0 Å². The largest absolute Gasteiger partial charge is 0.289 e. The Morgan fingerprint density at radius 3 is 1.24 bits per heavy atom. The third-order valence-corrected chi connectivity index (χ3v) is 16.5. The summed E-state index contributed by atoms with van der Waals surface area (Å²) in [5.41, 5.74) is 2.32. The van der Waals surface area contributed by atoms with Gasteiger partial charge in [0, 0.05) is 61.8 Å². The van der Waals surface area contributed by atoms with Gasteiger partial charge in [0.1, 0.15) is 0 Å². The summed E-state index contributed by atoms with van der Waals surface area (Å²) in [5, 5.41) is 0.0873. The minimum absolute atomic E-state index is 0.0436. The first-order chi connectivity index (χ1) is 19.7. The molecule has 0 fully saturated rings. The van der Waals surface area contributed by atoms with Gasteiger partial charge < -0.3 is 0 Å². The Balaban J connectivity index is 2.02. The van der Waals surface area contributed by atoms with Gasteiger partial charge >= 0.3 is 0 Å². The number of halogens is 4. The van der Waals surface area contributed by atoms with E-state index in [2.05, 4.69) is 90.7 Å². The Morgan fingerprint density at radius 1 is 0.643 bits per heavy atom. The fraction of sp³-hybridized carbons (Fsp3) is 0.345. The quantitative estimate of drug-likeness (QED) is 0.0538. The topological polar surface area (TPSA) is 51.2 Å². The van der Waals surface area contributed by atoms with E-state index >= 15 is 0 Å². The van der Waals surface area contributed by atoms with Crippen LogP contribution in [0.3, 0.4) is 0 Å². The molecule has 13 heteroatoms.